The standard InChI is InChI=1S/C29H26N2O3/c1-19-26(29(33)34-18-20-8-4-2-5-9-20)27(22-12-14-30-15-13-22)28-24(31-19)16-23(17-25(28)32)21-10-6-3-7-11-21/h2-15,23,26-27H,16-18H2,1H3/t23-,26?,27-/m0/s1. The summed E-state index contributed by atoms with van der Waals surface area (Å²) in [4.78, 5) is 35.9. The summed E-state index contributed by atoms with van der Waals surface area (Å²) in [5.74, 6) is -1.31. The Balaban J connectivity index is 1.49. The van der Waals surface area contributed by atoms with Gasteiger partial charge in [0.15, 0.2) is 5.78 Å². The van der Waals surface area contributed by atoms with Crippen LogP contribution in [0.15, 0.2) is 101 Å². The number of carbonyl (C=O) groups is 2. The van der Waals surface area contributed by atoms with Crippen LogP contribution < -0.4 is 0 Å². The molecule has 0 spiro atoms. The zero-order chi connectivity index (χ0) is 23.5. The van der Waals surface area contributed by atoms with Crippen LogP contribution in [0.4, 0.5) is 0 Å². The first-order valence-corrected chi connectivity index (χ1v) is 11.6. The topological polar surface area (TPSA) is 68.6 Å². The van der Waals surface area contributed by atoms with Crippen molar-refractivity contribution in [2.45, 2.75) is 38.2 Å². The summed E-state index contributed by atoms with van der Waals surface area (Å²) in [6.45, 7) is 2.05. The molecule has 34 heavy (non-hydrogen) atoms. The number of Topliss-reactive ketones (excluding diaryl/α,β-unsaturated/α-hetero) is 1. The molecule has 0 N–H and O–H groups in total. The van der Waals surface area contributed by atoms with Crippen LogP contribution in [0, 0.1) is 5.92 Å². The van der Waals surface area contributed by atoms with E-state index in [4.69, 9.17) is 9.73 Å². The molecular weight excluding hydrogens is 424 g/mol. The number of aromatic nitrogens is 1. The summed E-state index contributed by atoms with van der Waals surface area (Å²) in [5.41, 5.74) is 5.05. The quantitative estimate of drug-likeness (QED) is 0.488. The summed E-state index contributed by atoms with van der Waals surface area (Å²) in [6, 6.07) is 23.4. The number of pyridine rings is 1. The highest BCUT2D eigenvalue weighted by Crippen LogP contribution is 2.46. The van der Waals surface area contributed by atoms with Crippen LogP contribution in [-0.2, 0) is 20.9 Å². The van der Waals surface area contributed by atoms with Gasteiger partial charge in [-0.05, 0) is 48.1 Å². The van der Waals surface area contributed by atoms with Gasteiger partial charge in [0.1, 0.15) is 12.5 Å². The lowest BCUT2D eigenvalue weighted by atomic mass is 9.69. The van der Waals surface area contributed by atoms with Gasteiger partial charge >= 0.3 is 5.97 Å². The van der Waals surface area contributed by atoms with Crippen LogP contribution >= 0.6 is 0 Å². The maximum Gasteiger partial charge on any atom is 0.315 e. The van der Waals surface area contributed by atoms with Gasteiger partial charge in [0.25, 0.3) is 0 Å². The van der Waals surface area contributed by atoms with E-state index in [-0.39, 0.29) is 24.3 Å². The molecule has 2 aliphatic rings. The Hall–Kier alpha value is -3.86. The van der Waals surface area contributed by atoms with Crippen LogP contribution in [0.2, 0.25) is 0 Å². The highest BCUT2D eigenvalue weighted by Gasteiger charge is 2.44. The fourth-order valence-corrected chi connectivity index (χ4v) is 5.08. The molecule has 1 unspecified atom stereocenters. The fraction of sp³-hybridized carbons (Fsp3) is 0.241. The zero-order valence-corrected chi connectivity index (χ0v) is 19.1. The average molecular weight is 451 g/mol. The van der Waals surface area contributed by atoms with Gasteiger partial charge in [-0.3, -0.25) is 19.6 Å². The van der Waals surface area contributed by atoms with Gasteiger partial charge in [0.05, 0.1) is 0 Å². The number of hydrogen-bond donors (Lipinski definition) is 0. The second kappa shape index (κ2) is 9.56. The van der Waals surface area contributed by atoms with Crippen molar-refractivity contribution < 1.29 is 14.3 Å². The van der Waals surface area contributed by atoms with Crippen LogP contribution in [0.1, 0.15) is 48.3 Å². The van der Waals surface area contributed by atoms with E-state index < -0.39 is 11.8 Å². The molecule has 3 atom stereocenters. The van der Waals surface area contributed by atoms with Gasteiger partial charge in [-0.15, -0.1) is 0 Å². The third kappa shape index (κ3) is 4.34. The summed E-state index contributed by atoms with van der Waals surface area (Å²) in [6.07, 6.45) is 4.48. The molecule has 5 heteroatoms. The number of allylic oxidation sites excluding steroid dienone is 2. The molecule has 5 nitrogen and oxygen atoms in total. The zero-order valence-electron chi connectivity index (χ0n) is 19.1. The molecule has 0 fully saturated rings. The van der Waals surface area contributed by atoms with E-state index in [1.807, 2.05) is 67.6 Å². The molecule has 1 aromatic heterocycles. The van der Waals surface area contributed by atoms with Crippen molar-refractivity contribution in [2.75, 3.05) is 0 Å². The number of ether oxygens (including phenoxy) is 1. The number of nitrogens with zero attached hydrogens (tertiary/aromatic N) is 2. The molecular formula is C29H26N2O3. The first kappa shape index (κ1) is 22.0. The Morgan fingerprint density at radius 1 is 0.912 bits per heavy atom. The van der Waals surface area contributed by atoms with E-state index in [1.165, 1.54) is 0 Å². The third-order valence-corrected chi connectivity index (χ3v) is 6.70. The monoisotopic (exact) mass is 450 g/mol. The van der Waals surface area contributed by atoms with Crippen molar-refractivity contribution in [1.29, 1.82) is 0 Å². The van der Waals surface area contributed by atoms with E-state index in [0.29, 0.717) is 24.1 Å². The lowest BCUT2D eigenvalue weighted by molar-refractivity contribution is -0.148. The molecule has 0 saturated carbocycles. The minimum atomic E-state index is -0.651. The van der Waals surface area contributed by atoms with Gasteiger partial charge in [-0.25, -0.2) is 0 Å². The van der Waals surface area contributed by atoms with Gasteiger partial charge < -0.3 is 4.74 Å². The van der Waals surface area contributed by atoms with Crippen LogP contribution in [0.3, 0.4) is 0 Å². The first-order valence-electron chi connectivity index (χ1n) is 11.6. The minimum absolute atomic E-state index is 0.0500. The predicted octanol–water partition coefficient (Wildman–Crippen LogP) is 5.40. The van der Waals surface area contributed by atoms with Crippen LogP contribution in [0.25, 0.3) is 0 Å². The highest BCUT2D eigenvalue weighted by atomic mass is 16.5. The molecule has 5 rings (SSSR count). The number of esters is 1. The second-order valence-corrected chi connectivity index (χ2v) is 8.88. The van der Waals surface area contributed by atoms with E-state index in [2.05, 4.69) is 17.1 Å². The highest BCUT2D eigenvalue weighted by molar-refractivity contribution is 6.09. The molecule has 0 bridgehead atoms. The van der Waals surface area contributed by atoms with E-state index >= 15 is 0 Å². The lowest BCUT2D eigenvalue weighted by Gasteiger charge is -2.36. The van der Waals surface area contributed by atoms with Crippen molar-refractivity contribution in [3.63, 3.8) is 0 Å². The van der Waals surface area contributed by atoms with Crippen molar-refractivity contribution in [1.82, 2.24) is 4.98 Å². The molecule has 0 radical (unpaired) electrons. The maximum absolute atomic E-state index is 13.6. The number of carbonyl (C=O) groups excluding carboxylic acids is 2. The summed E-state index contributed by atoms with van der Waals surface area (Å²) >= 11 is 0. The minimum Gasteiger partial charge on any atom is -0.460 e. The SMILES string of the molecule is CC1=NC2=C(C(=O)C[C@@H](c3ccccc3)C2)[C@@H](c2ccncc2)C1C(=O)OCc1ccccc1. The molecule has 2 aromatic carbocycles. The summed E-state index contributed by atoms with van der Waals surface area (Å²) in [7, 11) is 0. The average Bonchev–Trinajstić information content (AvgIpc) is 2.88. The Labute approximate surface area is 199 Å². The van der Waals surface area contributed by atoms with E-state index in [1.54, 1.807) is 12.4 Å². The molecule has 0 saturated heterocycles. The Bertz CT molecular complexity index is 1250. The largest absolute Gasteiger partial charge is 0.460 e. The molecule has 170 valence electrons. The summed E-state index contributed by atoms with van der Waals surface area (Å²) < 4.78 is 5.73. The molecule has 1 aliphatic heterocycles. The molecule has 2 heterocycles. The maximum atomic E-state index is 13.6. The van der Waals surface area contributed by atoms with E-state index in [9.17, 15) is 9.59 Å². The molecule has 0 amide bonds. The fourth-order valence-electron chi connectivity index (χ4n) is 5.08. The number of ketones is 1. The van der Waals surface area contributed by atoms with Crippen molar-refractivity contribution in [3.05, 3.63) is 113 Å². The number of rotatable bonds is 5. The van der Waals surface area contributed by atoms with Crippen molar-refractivity contribution in [3.8, 4) is 0 Å². The Kier molecular flexibility index (Phi) is 6.17. The predicted molar refractivity (Wildman–Crippen MR) is 130 cm³/mol. The van der Waals surface area contributed by atoms with Crippen molar-refractivity contribution in [2.24, 2.45) is 10.9 Å². The second-order valence-electron chi connectivity index (χ2n) is 8.88. The Morgan fingerprint density at radius 2 is 1.59 bits per heavy atom. The van der Waals surface area contributed by atoms with Gasteiger partial charge in [-0.1, -0.05) is 60.7 Å². The van der Waals surface area contributed by atoms with Crippen LogP contribution in [0.5, 0.6) is 0 Å². The number of hydrogen-bond acceptors (Lipinski definition) is 5. The lowest BCUT2D eigenvalue weighted by Crippen LogP contribution is -2.38. The first-order chi connectivity index (χ1) is 16.6. The number of benzene rings is 2. The summed E-state index contributed by atoms with van der Waals surface area (Å²) in [5, 5.41) is 0. The normalized spacial score (nSPS) is 22.1. The smallest absolute Gasteiger partial charge is 0.315 e. The molecule has 1 aliphatic carbocycles. The van der Waals surface area contributed by atoms with E-state index in [0.717, 1.165) is 22.4 Å². The Morgan fingerprint density at radius 3 is 2.29 bits per heavy atom. The molecule has 3 aromatic rings. The van der Waals surface area contributed by atoms with Gasteiger partial charge in [-0.2, -0.15) is 0 Å². The van der Waals surface area contributed by atoms with Gasteiger partial charge in [0, 0.05) is 41.7 Å². The third-order valence-electron chi connectivity index (χ3n) is 6.70. The van der Waals surface area contributed by atoms with Crippen molar-refractivity contribution >= 4 is 17.5 Å². The number of aliphatic imine (C=N–C) groups is 1. The van der Waals surface area contributed by atoms with Crippen LogP contribution in [-0.4, -0.2) is 22.4 Å². The van der Waals surface area contributed by atoms with Gasteiger partial charge in [0.2, 0.25) is 0 Å².